The molecule has 5 N–H and O–H groups in total. The highest BCUT2D eigenvalue weighted by Crippen LogP contribution is 2.83. The van der Waals surface area contributed by atoms with E-state index in [4.69, 9.17) is 5.11 Å². The number of hydrogen-bond acceptors (Lipinski definition) is 11. The Kier molecular flexibility index (Phi) is 21.2. The van der Waals surface area contributed by atoms with Crippen LogP contribution in [0.15, 0.2) is 0 Å². The maximum atomic E-state index is 12.0. The molecule has 0 aliphatic carbocycles. The highest BCUT2D eigenvalue weighted by Gasteiger charge is 2.52. The molecule has 8 nitrogen and oxygen atoms in total. The van der Waals surface area contributed by atoms with Crippen LogP contribution in [-0.2, 0) is 14.4 Å². The number of hydrogen-bond donors (Lipinski definition) is 4. The van der Waals surface area contributed by atoms with Crippen molar-refractivity contribution in [2.45, 2.75) is 123 Å². The van der Waals surface area contributed by atoms with Crippen LogP contribution >= 0.6 is 64.8 Å². The van der Waals surface area contributed by atoms with E-state index in [0.29, 0.717) is 25.8 Å². The first kappa shape index (κ1) is 36.5. The Morgan fingerprint density at radius 2 is 1.24 bits per heavy atom. The average molecular weight is 651 g/mol. The van der Waals surface area contributed by atoms with Crippen LogP contribution in [0.5, 0.6) is 0 Å². The van der Waals surface area contributed by atoms with Gasteiger partial charge in [0.05, 0.1) is 0 Å². The van der Waals surface area contributed by atoms with Crippen LogP contribution in [0.4, 0.5) is 0 Å². The Bertz CT molecular complexity index is 690. The van der Waals surface area contributed by atoms with Gasteiger partial charge >= 0.3 is 11.9 Å². The molecule has 2 heterocycles. The van der Waals surface area contributed by atoms with Gasteiger partial charge in [-0.05, 0) is 75.3 Å². The molecule has 1 amide bonds. The zero-order chi connectivity index (χ0) is 26.8. The van der Waals surface area contributed by atoms with Gasteiger partial charge in [0.25, 0.3) is 0 Å². The quantitative estimate of drug-likeness (QED) is 0.0480. The van der Waals surface area contributed by atoms with E-state index in [2.05, 4.69) is 10.6 Å². The number of carbonyl (C=O) groups is 3. The molecule has 0 radical (unpaired) electrons. The molecule has 0 aromatic carbocycles. The summed E-state index contributed by atoms with van der Waals surface area (Å²) in [6.45, 7) is 0.611. The third kappa shape index (κ3) is 18.0. The highest BCUT2D eigenvalue weighted by atomic mass is 33.2. The van der Waals surface area contributed by atoms with Crippen molar-refractivity contribution in [3.05, 3.63) is 0 Å². The lowest BCUT2D eigenvalue weighted by atomic mass is 10.0. The first-order valence-electron chi connectivity index (χ1n) is 13.4. The van der Waals surface area contributed by atoms with Gasteiger partial charge in [-0.3, -0.25) is 19.7 Å². The topological polar surface area (TPSA) is 146 Å². The third-order valence-corrected chi connectivity index (χ3v) is 19.5. The van der Waals surface area contributed by atoms with Crippen molar-refractivity contribution < 1.29 is 32.9 Å². The number of aliphatic carboxylic acids is 2. The molecular weight excluding hydrogens is 605 g/mol. The summed E-state index contributed by atoms with van der Waals surface area (Å²) in [7, 11) is 10.8. The molecule has 2 fully saturated rings. The van der Waals surface area contributed by atoms with Crippen LogP contribution in [0.2, 0.25) is 0 Å². The van der Waals surface area contributed by atoms with Crippen LogP contribution in [0.3, 0.4) is 0 Å². The summed E-state index contributed by atoms with van der Waals surface area (Å²) in [5.41, 5.74) is 0. The van der Waals surface area contributed by atoms with E-state index in [-0.39, 0.29) is 21.7 Å². The Labute approximate surface area is 254 Å². The number of carboxylic acid groups (broad SMARTS) is 2. The third-order valence-electron chi connectivity index (χ3n) is 6.12. The number of unbranched alkanes of at least 4 members (excludes halogenated alkanes) is 12. The van der Waals surface area contributed by atoms with Gasteiger partial charge in [0, 0.05) is 20.8 Å². The fourth-order valence-electron chi connectivity index (χ4n) is 3.94. The van der Waals surface area contributed by atoms with Crippen molar-refractivity contribution >= 4 is 82.6 Å². The summed E-state index contributed by atoms with van der Waals surface area (Å²) in [5.74, 6) is -1.39. The molecule has 2 saturated heterocycles. The molecule has 0 aromatic heterocycles. The van der Waals surface area contributed by atoms with Gasteiger partial charge < -0.3 is 22.4 Å². The van der Waals surface area contributed by atoms with E-state index in [9.17, 15) is 19.5 Å². The SMILES string of the molecule is O=C(O)CCCCCCCCCCCCCCC(=O)NCCCC[C@H](NC1SSC2(SS1)SS2)C(=O)O.[H-].[HH].[OH-]. The van der Waals surface area contributed by atoms with E-state index in [0.717, 1.165) is 44.9 Å². The molecule has 226 valence electrons. The fourth-order valence-corrected chi connectivity index (χ4v) is 16.9. The second kappa shape index (κ2) is 22.1. The molecule has 1 spiro atoms. The van der Waals surface area contributed by atoms with Gasteiger partial charge in [0.2, 0.25) is 5.91 Å². The van der Waals surface area contributed by atoms with Crippen molar-refractivity contribution in [1.29, 1.82) is 0 Å². The summed E-state index contributed by atoms with van der Waals surface area (Å²) < 4.78 is 0.301. The van der Waals surface area contributed by atoms with E-state index < -0.39 is 18.0 Å². The van der Waals surface area contributed by atoms with E-state index in [1.165, 1.54) is 44.9 Å². The minimum absolute atomic E-state index is 0. The second-order valence-corrected chi connectivity index (χ2v) is 18.8. The number of carbonyl (C=O) groups excluding carboxylic acids is 1. The van der Waals surface area contributed by atoms with Crippen LogP contribution < -0.4 is 10.6 Å². The second-order valence-electron chi connectivity index (χ2n) is 9.40. The predicted octanol–water partition coefficient (Wildman–Crippen LogP) is 8.11. The summed E-state index contributed by atoms with van der Waals surface area (Å²) in [4.78, 5) is 34.1. The van der Waals surface area contributed by atoms with Crippen molar-refractivity contribution in [1.82, 2.24) is 10.6 Å². The Morgan fingerprint density at radius 1 is 0.737 bits per heavy atom. The molecule has 2 rings (SSSR count). The molecule has 38 heavy (non-hydrogen) atoms. The highest BCUT2D eigenvalue weighted by molar-refractivity contribution is 9.14. The van der Waals surface area contributed by atoms with Crippen molar-refractivity contribution in [3.63, 3.8) is 0 Å². The minimum atomic E-state index is -0.805. The number of carboxylic acids is 2. The van der Waals surface area contributed by atoms with Gasteiger partial charge in [-0.15, -0.1) is 0 Å². The zero-order valence-electron chi connectivity index (χ0n) is 22.9. The first-order chi connectivity index (χ1) is 17.9. The summed E-state index contributed by atoms with van der Waals surface area (Å²) >= 11 is 0. The molecule has 1 atom stereocenters. The number of nitrogens with one attached hydrogen (secondary N) is 2. The maximum absolute atomic E-state index is 12.0. The first-order valence-corrected chi connectivity index (χ1v) is 20.0. The fraction of sp³-hybridized carbons (Fsp3) is 0.875. The molecule has 2 aliphatic heterocycles. The molecule has 0 saturated carbocycles. The van der Waals surface area contributed by atoms with E-state index in [1.807, 2.05) is 43.2 Å². The Morgan fingerprint density at radius 3 is 1.71 bits per heavy atom. The standard InChI is InChI=1S/C24H42N2O5S6.H2O.H2.H/c27-20(16-11-9-7-5-3-1-2-4-6-8-10-12-17-21(28)29)25-18-14-13-15-19(22(30)31)26-23-32-34-24(35-33-23)36-37-24;;;/h19,23,26H,1-18H2,(H,25,27)(H,28,29)(H,30,31);1H2;1H;/q;;;-1/p-1/t19-;;;/m0.../s1. The Balaban J connectivity index is 0. The van der Waals surface area contributed by atoms with Gasteiger partial charge in [-0.25, -0.2) is 0 Å². The number of rotatable bonds is 23. The normalized spacial score (nSPS) is 17.1. The molecule has 2 aliphatic rings. The van der Waals surface area contributed by atoms with Crippen molar-refractivity contribution in [3.8, 4) is 0 Å². The summed E-state index contributed by atoms with van der Waals surface area (Å²) in [5, 5.41) is 24.4. The lowest BCUT2D eigenvalue weighted by molar-refractivity contribution is -0.140. The summed E-state index contributed by atoms with van der Waals surface area (Å²) in [6, 6.07) is -0.550. The lowest BCUT2D eigenvalue weighted by Crippen LogP contribution is -2.40. The Hall–Kier alpha value is 0.430. The van der Waals surface area contributed by atoms with Gasteiger partial charge in [-0.2, -0.15) is 0 Å². The zero-order valence-corrected chi connectivity index (χ0v) is 26.8. The average Bonchev–Trinajstić information content (AvgIpc) is 3.63. The van der Waals surface area contributed by atoms with Crippen LogP contribution in [0, 0.1) is 0 Å². The smallest absolute Gasteiger partial charge is 0.320 e. The summed E-state index contributed by atoms with van der Waals surface area (Å²) in [6.07, 6.45) is 16.7. The molecule has 0 bridgehead atoms. The van der Waals surface area contributed by atoms with Crippen molar-refractivity contribution in [2.24, 2.45) is 0 Å². The van der Waals surface area contributed by atoms with Crippen LogP contribution in [-0.4, -0.2) is 53.6 Å². The monoisotopic (exact) mass is 650 g/mol. The van der Waals surface area contributed by atoms with Crippen LogP contribution in [0.25, 0.3) is 0 Å². The largest absolute Gasteiger partial charge is 1.00 e. The lowest BCUT2D eigenvalue weighted by Gasteiger charge is -2.27. The molecule has 0 aromatic rings. The predicted molar refractivity (Wildman–Crippen MR) is 171 cm³/mol. The molecule has 0 unspecified atom stereocenters. The minimum Gasteiger partial charge on any atom is -1.00 e. The van der Waals surface area contributed by atoms with E-state index in [1.54, 1.807) is 21.6 Å². The van der Waals surface area contributed by atoms with Gasteiger partial charge in [0.1, 0.15) is 10.7 Å². The number of amides is 1. The maximum Gasteiger partial charge on any atom is 0.320 e. The van der Waals surface area contributed by atoms with Crippen molar-refractivity contribution in [2.75, 3.05) is 6.54 Å². The van der Waals surface area contributed by atoms with Crippen LogP contribution in [0.1, 0.15) is 112 Å². The molecular formula is C24H46N2O6S6-2. The van der Waals surface area contributed by atoms with Gasteiger partial charge in [0.15, 0.2) is 2.74 Å². The van der Waals surface area contributed by atoms with Gasteiger partial charge in [-0.1, -0.05) is 85.8 Å². The molecule has 14 heteroatoms. The van der Waals surface area contributed by atoms with E-state index >= 15 is 0 Å².